The van der Waals surface area contributed by atoms with Gasteiger partial charge < -0.3 is 19.6 Å². The Bertz CT molecular complexity index is 850. The summed E-state index contributed by atoms with van der Waals surface area (Å²) in [7, 11) is 0. The number of aromatic hydroxyl groups is 1. The molecular weight excluding hydrogens is 364 g/mol. The van der Waals surface area contributed by atoms with Crippen LogP contribution in [0, 0.1) is 0 Å². The summed E-state index contributed by atoms with van der Waals surface area (Å²) in [6, 6.07) is 4.25. The molecule has 10 nitrogen and oxygen atoms in total. The van der Waals surface area contributed by atoms with Gasteiger partial charge in [0.25, 0.3) is 5.91 Å². The number of carbonyl (C=O) groups excluding carboxylic acids is 2. The highest BCUT2D eigenvalue weighted by atomic mass is 16.5. The maximum absolute atomic E-state index is 13.2. The third kappa shape index (κ3) is 3.68. The van der Waals surface area contributed by atoms with Gasteiger partial charge in [-0.3, -0.25) is 9.59 Å². The zero-order chi connectivity index (χ0) is 19.5. The molecular formula is C18H22N6O4. The Labute approximate surface area is 161 Å². The van der Waals surface area contributed by atoms with Crippen molar-refractivity contribution >= 4 is 11.8 Å². The third-order valence-corrected chi connectivity index (χ3v) is 5.18. The molecule has 0 saturated carbocycles. The highest BCUT2D eigenvalue weighted by Crippen LogP contribution is 2.25. The Balaban J connectivity index is 1.55. The number of tetrazole rings is 1. The van der Waals surface area contributed by atoms with Crippen molar-refractivity contribution in [2.45, 2.75) is 25.3 Å². The summed E-state index contributed by atoms with van der Waals surface area (Å²) < 4.78 is 6.92. The van der Waals surface area contributed by atoms with Crippen molar-refractivity contribution in [3.05, 3.63) is 30.1 Å². The molecule has 0 spiro atoms. The monoisotopic (exact) mass is 386 g/mol. The van der Waals surface area contributed by atoms with Crippen LogP contribution in [0.25, 0.3) is 5.69 Å². The number of hydrogen-bond donors (Lipinski definition) is 1. The van der Waals surface area contributed by atoms with Gasteiger partial charge in [-0.2, -0.15) is 0 Å². The van der Waals surface area contributed by atoms with Crippen LogP contribution in [0.1, 0.15) is 29.6 Å². The Morgan fingerprint density at radius 2 is 2.04 bits per heavy atom. The van der Waals surface area contributed by atoms with Crippen molar-refractivity contribution < 1.29 is 19.4 Å². The summed E-state index contributed by atoms with van der Waals surface area (Å²) in [5.41, 5.74) is 0.706. The van der Waals surface area contributed by atoms with Crippen LogP contribution in [-0.4, -0.2) is 85.8 Å². The van der Waals surface area contributed by atoms with Gasteiger partial charge in [-0.25, -0.2) is 4.68 Å². The predicted molar refractivity (Wildman–Crippen MR) is 96.9 cm³/mol. The van der Waals surface area contributed by atoms with E-state index in [-0.39, 0.29) is 35.6 Å². The van der Waals surface area contributed by atoms with E-state index in [1.807, 2.05) is 4.90 Å². The Hall–Kier alpha value is -3.01. The van der Waals surface area contributed by atoms with Gasteiger partial charge >= 0.3 is 0 Å². The minimum absolute atomic E-state index is 0.0393. The fourth-order valence-electron chi connectivity index (χ4n) is 3.66. The topological polar surface area (TPSA) is 114 Å². The van der Waals surface area contributed by atoms with Crippen LogP contribution in [-0.2, 0) is 9.53 Å². The number of morpholine rings is 1. The van der Waals surface area contributed by atoms with Crippen LogP contribution in [0.2, 0.25) is 0 Å². The van der Waals surface area contributed by atoms with Crippen molar-refractivity contribution in [1.82, 2.24) is 30.0 Å². The van der Waals surface area contributed by atoms with Crippen LogP contribution in [0.3, 0.4) is 0 Å². The van der Waals surface area contributed by atoms with Crippen LogP contribution >= 0.6 is 0 Å². The zero-order valence-electron chi connectivity index (χ0n) is 15.4. The number of phenols is 1. The number of ether oxygens (including phenoxy) is 1. The van der Waals surface area contributed by atoms with E-state index in [1.165, 1.54) is 17.1 Å². The number of rotatable bonds is 4. The standard InChI is InChI=1S/C18H22N6O4/c25-16-4-3-13(24-12-19-20-21-24)9-15(16)18(27)23-7-8-28-11-14(23)10-17(26)22-5-1-2-6-22/h3-4,9,12,14,25H,1-2,5-8,10-11H2. The largest absolute Gasteiger partial charge is 0.507 e. The van der Waals surface area contributed by atoms with Crippen molar-refractivity contribution in [1.29, 1.82) is 0 Å². The first-order valence-electron chi connectivity index (χ1n) is 9.36. The SMILES string of the molecule is O=C(CC1COCCN1C(=O)c1cc(-n2cnnn2)ccc1O)N1CCCC1. The van der Waals surface area contributed by atoms with E-state index in [1.54, 1.807) is 17.0 Å². The first-order valence-corrected chi connectivity index (χ1v) is 9.36. The minimum atomic E-state index is -0.356. The molecule has 2 aromatic rings. The number of aromatic nitrogens is 4. The molecule has 4 rings (SSSR count). The third-order valence-electron chi connectivity index (χ3n) is 5.18. The van der Waals surface area contributed by atoms with E-state index in [2.05, 4.69) is 15.5 Å². The molecule has 0 aliphatic carbocycles. The number of likely N-dealkylation sites (tertiary alicyclic amines) is 1. The molecule has 1 N–H and O–H groups in total. The van der Waals surface area contributed by atoms with E-state index < -0.39 is 0 Å². The Kier molecular flexibility index (Phi) is 5.20. The molecule has 1 atom stereocenters. The molecule has 0 radical (unpaired) electrons. The summed E-state index contributed by atoms with van der Waals surface area (Å²) in [5, 5.41) is 21.2. The summed E-state index contributed by atoms with van der Waals surface area (Å²) in [5.74, 6) is -0.426. The predicted octanol–water partition coefficient (Wildman–Crippen LogP) is 0.221. The second-order valence-corrected chi connectivity index (χ2v) is 6.98. The molecule has 2 aliphatic heterocycles. The minimum Gasteiger partial charge on any atom is -0.507 e. The Morgan fingerprint density at radius 1 is 1.21 bits per heavy atom. The van der Waals surface area contributed by atoms with Crippen molar-refractivity contribution in [3.8, 4) is 11.4 Å². The summed E-state index contributed by atoms with van der Waals surface area (Å²) in [4.78, 5) is 29.2. The number of benzene rings is 1. The van der Waals surface area contributed by atoms with Crippen LogP contribution in [0.4, 0.5) is 0 Å². The smallest absolute Gasteiger partial charge is 0.258 e. The lowest BCUT2D eigenvalue weighted by molar-refractivity contribution is -0.132. The van der Waals surface area contributed by atoms with Crippen LogP contribution < -0.4 is 0 Å². The molecule has 2 amide bonds. The van der Waals surface area contributed by atoms with Crippen molar-refractivity contribution in [2.75, 3.05) is 32.8 Å². The van der Waals surface area contributed by atoms with Gasteiger partial charge in [0, 0.05) is 26.1 Å². The maximum Gasteiger partial charge on any atom is 0.258 e. The van der Waals surface area contributed by atoms with E-state index in [9.17, 15) is 14.7 Å². The van der Waals surface area contributed by atoms with E-state index >= 15 is 0 Å². The van der Waals surface area contributed by atoms with Crippen LogP contribution in [0.15, 0.2) is 24.5 Å². The molecule has 3 heterocycles. The molecule has 0 bridgehead atoms. The van der Waals surface area contributed by atoms with Gasteiger partial charge in [0.1, 0.15) is 12.1 Å². The normalized spacial score (nSPS) is 19.8. The van der Waals surface area contributed by atoms with Crippen molar-refractivity contribution in [2.24, 2.45) is 0 Å². The number of amides is 2. The number of nitrogens with zero attached hydrogens (tertiary/aromatic N) is 6. The molecule has 1 aromatic heterocycles. The van der Waals surface area contributed by atoms with Gasteiger partial charge in [0.05, 0.1) is 30.5 Å². The average Bonchev–Trinajstić information content (AvgIpc) is 3.42. The lowest BCUT2D eigenvalue weighted by Gasteiger charge is -2.36. The number of carbonyl (C=O) groups is 2. The van der Waals surface area contributed by atoms with E-state index in [0.29, 0.717) is 25.4 Å². The second kappa shape index (κ2) is 7.93. The highest BCUT2D eigenvalue weighted by molar-refractivity contribution is 5.98. The highest BCUT2D eigenvalue weighted by Gasteiger charge is 2.32. The number of phenolic OH excluding ortho intramolecular Hbond substituents is 1. The molecule has 2 aliphatic rings. The lowest BCUT2D eigenvalue weighted by atomic mass is 10.1. The van der Waals surface area contributed by atoms with Gasteiger partial charge in [0.2, 0.25) is 5.91 Å². The molecule has 2 fully saturated rings. The van der Waals surface area contributed by atoms with Gasteiger partial charge in [-0.05, 0) is 41.5 Å². The Morgan fingerprint density at radius 3 is 2.79 bits per heavy atom. The summed E-state index contributed by atoms with van der Waals surface area (Å²) >= 11 is 0. The van der Waals surface area contributed by atoms with Crippen LogP contribution in [0.5, 0.6) is 5.75 Å². The first kappa shape index (κ1) is 18.4. The fraction of sp³-hybridized carbons (Fsp3) is 0.500. The van der Waals surface area contributed by atoms with Crippen molar-refractivity contribution in [3.63, 3.8) is 0 Å². The molecule has 1 aromatic carbocycles. The second-order valence-electron chi connectivity index (χ2n) is 6.98. The first-order chi connectivity index (χ1) is 13.6. The van der Waals surface area contributed by atoms with Gasteiger partial charge in [-0.1, -0.05) is 0 Å². The average molecular weight is 386 g/mol. The molecule has 148 valence electrons. The summed E-state index contributed by atoms with van der Waals surface area (Å²) in [6.07, 6.45) is 3.67. The van der Waals surface area contributed by atoms with Gasteiger partial charge in [-0.15, -0.1) is 5.10 Å². The van der Waals surface area contributed by atoms with Gasteiger partial charge in [0.15, 0.2) is 0 Å². The van der Waals surface area contributed by atoms with E-state index in [0.717, 1.165) is 25.9 Å². The molecule has 28 heavy (non-hydrogen) atoms. The fourth-order valence-corrected chi connectivity index (χ4v) is 3.66. The lowest BCUT2D eigenvalue weighted by Crippen LogP contribution is -2.50. The zero-order valence-corrected chi connectivity index (χ0v) is 15.4. The molecule has 10 heteroatoms. The molecule has 1 unspecified atom stereocenters. The molecule has 2 saturated heterocycles. The van der Waals surface area contributed by atoms with E-state index in [4.69, 9.17) is 4.74 Å². The number of hydrogen-bond acceptors (Lipinski definition) is 7. The quantitative estimate of drug-likeness (QED) is 0.800. The summed E-state index contributed by atoms with van der Waals surface area (Å²) in [6.45, 7) is 2.61. The maximum atomic E-state index is 13.2.